The summed E-state index contributed by atoms with van der Waals surface area (Å²) in [5.74, 6) is 0. The lowest BCUT2D eigenvalue weighted by molar-refractivity contribution is 0.631. The second kappa shape index (κ2) is 10.5. The SMILES string of the molecule is Cc1ccc(-c2ccc3c(c2)C(C)(C)C(N)=C3/C=C\Cc2cc(-c3ccccc3)cc(-c3ccccc3)c2)cc1. The maximum absolute atomic E-state index is 6.82. The zero-order valence-electron chi connectivity index (χ0n) is 23.5. The lowest BCUT2D eigenvalue weighted by Gasteiger charge is -2.22. The number of hydrogen-bond acceptors (Lipinski definition) is 1. The topological polar surface area (TPSA) is 26.0 Å². The van der Waals surface area contributed by atoms with Crippen LogP contribution < -0.4 is 5.73 Å². The summed E-state index contributed by atoms with van der Waals surface area (Å²) < 4.78 is 0. The number of hydrogen-bond donors (Lipinski definition) is 1. The summed E-state index contributed by atoms with van der Waals surface area (Å²) in [5.41, 5.74) is 21.2. The summed E-state index contributed by atoms with van der Waals surface area (Å²) in [7, 11) is 0. The van der Waals surface area contributed by atoms with Crippen LogP contribution in [0.2, 0.25) is 0 Å². The molecule has 40 heavy (non-hydrogen) atoms. The van der Waals surface area contributed by atoms with Crippen molar-refractivity contribution in [1.82, 2.24) is 0 Å². The number of nitrogens with two attached hydrogens (primary N) is 1. The first-order valence-electron chi connectivity index (χ1n) is 14.0. The van der Waals surface area contributed by atoms with Crippen molar-refractivity contribution in [2.24, 2.45) is 5.73 Å². The Balaban J connectivity index is 1.32. The fourth-order valence-electron chi connectivity index (χ4n) is 5.75. The minimum atomic E-state index is -0.219. The first-order valence-corrected chi connectivity index (χ1v) is 14.0. The molecule has 1 heteroatoms. The Labute approximate surface area is 238 Å². The average molecular weight is 518 g/mol. The molecule has 5 aromatic carbocycles. The second-order valence-corrected chi connectivity index (χ2v) is 11.3. The summed E-state index contributed by atoms with van der Waals surface area (Å²) in [4.78, 5) is 0. The quantitative estimate of drug-likeness (QED) is 0.238. The molecule has 0 spiro atoms. The molecule has 0 amide bonds. The second-order valence-electron chi connectivity index (χ2n) is 11.3. The van der Waals surface area contributed by atoms with E-state index in [0.29, 0.717) is 0 Å². The Bertz CT molecular complexity index is 1660. The van der Waals surface area contributed by atoms with Gasteiger partial charge in [0.2, 0.25) is 0 Å². The molecule has 1 aliphatic carbocycles. The molecule has 1 nitrogen and oxygen atoms in total. The van der Waals surface area contributed by atoms with Crippen LogP contribution in [-0.4, -0.2) is 0 Å². The fraction of sp³-hybridized carbons (Fsp3) is 0.128. The van der Waals surface area contributed by atoms with Crippen LogP contribution >= 0.6 is 0 Å². The van der Waals surface area contributed by atoms with E-state index in [4.69, 9.17) is 5.73 Å². The van der Waals surface area contributed by atoms with E-state index < -0.39 is 0 Å². The van der Waals surface area contributed by atoms with Crippen LogP contribution in [0.4, 0.5) is 0 Å². The van der Waals surface area contributed by atoms with E-state index >= 15 is 0 Å². The lowest BCUT2D eigenvalue weighted by atomic mass is 9.83. The van der Waals surface area contributed by atoms with Crippen molar-refractivity contribution in [3.63, 3.8) is 0 Å². The van der Waals surface area contributed by atoms with Gasteiger partial charge in [0.25, 0.3) is 0 Å². The maximum Gasteiger partial charge on any atom is 0.0304 e. The number of aryl methyl sites for hydroxylation is 1. The molecular formula is C39H35N. The van der Waals surface area contributed by atoms with Crippen LogP contribution in [0.15, 0.2) is 139 Å². The monoisotopic (exact) mass is 517 g/mol. The smallest absolute Gasteiger partial charge is 0.0304 e. The van der Waals surface area contributed by atoms with Crippen molar-refractivity contribution in [1.29, 1.82) is 0 Å². The Morgan fingerprint density at radius 2 is 1.15 bits per heavy atom. The van der Waals surface area contributed by atoms with Crippen LogP contribution in [0, 0.1) is 6.92 Å². The van der Waals surface area contributed by atoms with E-state index in [1.54, 1.807) is 0 Å². The van der Waals surface area contributed by atoms with Gasteiger partial charge in [0.05, 0.1) is 0 Å². The Kier molecular flexibility index (Phi) is 6.74. The van der Waals surface area contributed by atoms with E-state index in [2.05, 4.69) is 154 Å². The molecule has 0 radical (unpaired) electrons. The van der Waals surface area contributed by atoms with Gasteiger partial charge < -0.3 is 5.73 Å². The summed E-state index contributed by atoms with van der Waals surface area (Å²) >= 11 is 0. The summed E-state index contributed by atoms with van der Waals surface area (Å²) in [6.45, 7) is 6.59. The number of benzene rings is 5. The molecular weight excluding hydrogens is 482 g/mol. The van der Waals surface area contributed by atoms with Crippen LogP contribution in [-0.2, 0) is 11.8 Å². The van der Waals surface area contributed by atoms with Crippen LogP contribution in [0.5, 0.6) is 0 Å². The van der Waals surface area contributed by atoms with Gasteiger partial charge >= 0.3 is 0 Å². The lowest BCUT2D eigenvalue weighted by Crippen LogP contribution is -2.22. The maximum atomic E-state index is 6.82. The highest BCUT2D eigenvalue weighted by Crippen LogP contribution is 2.45. The predicted molar refractivity (Wildman–Crippen MR) is 171 cm³/mol. The highest BCUT2D eigenvalue weighted by Gasteiger charge is 2.35. The first kappa shape index (κ1) is 25.6. The van der Waals surface area contributed by atoms with Gasteiger partial charge in [-0.25, -0.2) is 0 Å². The Morgan fingerprint density at radius 3 is 1.75 bits per heavy atom. The minimum absolute atomic E-state index is 0.219. The van der Waals surface area contributed by atoms with Crippen LogP contribution in [0.1, 0.15) is 36.1 Å². The molecule has 0 saturated heterocycles. The normalized spacial score (nSPS) is 14.1. The van der Waals surface area contributed by atoms with E-state index in [1.165, 1.54) is 55.6 Å². The molecule has 0 atom stereocenters. The third kappa shape index (κ3) is 4.92. The summed E-state index contributed by atoms with van der Waals surface area (Å²) in [5, 5.41) is 0. The number of allylic oxidation sites excluding steroid dienone is 4. The van der Waals surface area contributed by atoms with Crippen molar-refractivity contribution in [2.75, 3.05) is 0 Å². The van der Waals surface area contributed by atoms with E-state index in [9.17, 15) is 0 Å². The van der Waals surface area contributed by atoms with Gasteiger partial charge in [-0.1, -0.05) is 141 Å². The highest BCUT2D eigenvalue weighted by molar-refractivity contribution is 5.87. The zero-order chi connectivity index (χ0) is 27.7. The molecule has 0 heterocycles. The molecule has 0 bridgehead atoms. The van der Waals surface area contributed by atoms with E-state index in [0.717, 1.165) is 17.7 Å². The molecule has 2 N–H and O–H groups in total. The minimum Gasteiger partial charge on any atom is -0.401 e. The van der Waals surface area contributed by atoms with Crippen LogP contribution in [0.3, 0.4) is 0 Å². The van der Waals surface area contributed by atoms with Gasteiger partial charge in [-0.05, 0) is 75.5 Å². The molecule has 1 aliphatic rings. The molecule has 6 rings (SSSR count). The van der Waals surface area contributed by atoms with Gasteiger partial charge in [0.1, 0.15) is 0 Å². The zero-order valence-corrected chi connectivity index (χ0v) is 23.5. The molecule has 196 valence electrons. The molecule has 0 aromatic heterocycles. The van der Waals surface area contributed by atoms with Crippen molar-refractivity contribution in [3.05, 3.63) is 161 Å². The van der Waals surface area contributed by atoms with E-state index in [1.807, 2.05) is 0 Å². The Morgan fingerprint density at radius 1 is 0.600 bits per heavy atom. The molecule has 0 saturated carbocycles. The van der Waals surface area contributed by atoms with Crippen molar-refractivity contribution in [3.8, 4) is 33.4 Å². The first-order chi connectivity index (χ1) is 19.4. The fourth-order valence-corrected chi connectivity index (χ4v) is 5.75. The molecule has 0 aliphatic heterocycles. The van der Waals surface area contributed by atoms with Gasteiger partial charge in [0, 0.05) is 16.7 Å². The van der Waals surface area contributed by atoms with Crippen molar-refractivity contribution in [2.45, 2.75) is 32.6 Å². The highest BCUT2D eigenvalue weighted by atomic mass is 14.7. The van der Waals surface area contributed by atoms with Crippen LogP contribution in [0.25, 0.3) is 39.0 Å². The average Bonchev–Trinajstić information content (AvgIpc) is 3.18. The van der Waals surface area contributed by atoms with Crippen molar-refractivity contribution < 1.29 is 0 Å². The standard InChI is InChI=1S/C39H35N/c1-27-17-19-31(20-18-27)32-21-22-35-36(38(40)39(2,3)37(35)26-32)16-10-11-28-23-33(29-12-6-4-7-13-29)25-34(24-28)30-14-8-5-9-15-30/h4-10,12-26H,11,40H2,1-3H3/b16-10-. The largest absolute Gasteiger partial charge is 0.401 e. The van der Waals surface area contributed by atoms with E-state index in [-0.39, 0.29) is 5.41 Å². The molecule has 0 fully saturated rings. The summed E-state index contributed by atoms with van der Waals surface area (Å²) in [6.07, 6.45) is 5.32. The van der Waals surface area contributed by atoms with Gasteiger partial charge in [-0.3, -0.25) is 0 Å². The summed E-state index contributed by atoms with van der Waals surface area (Å²) in [6, 6.07) is 43.7. The molecule has 0 unspecified atom stereocenters. The van der Waals surface area contributed by atoms with Gasteiger partial charge in [-0.15, -0.1) is 0 Å². The van der Waals surface area contributed by atoms with Crippen molar-refractivity contribution >= 4 is 5.57 Å². The number of fused-ring (bicyclic) bond motifs is 1. The predicted octanol–water partition coefficient (Wildman–Crippen LogP) is 9.76. The third-order valence-corrected chi connectivity index (χ3v) is 8.18. The number of rotatable bonds is 6. The third-order valence-electron chi connectivity index (χ3n) is 8.18. The molecule has 5 aromatic rings. The van der Waals surface area contributed by atoms with Gasteiger partial charge in [0.15, 0.2) is 0 Å². The van der Waals surface area contributed by atoms with Gasteiger partial charge in [-0.2, -0.15) is 0 Å². The Hall–Kier alpha value is -4.62.